The van der Waals surface area contributed by atoms with Crippen molar-refractivity contribution >= 4 is 5.82 Å². The van der Waals surface area contributed by atoms with E-state index in [1.165, 1.54) is 25.6 Å². The Morgan fingerprint density at radius 1 is 1.47 bits per heavy atom. The molecule has 0 amide bonds. The number of piperidine rings is 1. The molecule has 1 aliphatic rings. The summed E-state index contributed by atoms with van der Waals surface area (Å²) in [6, 6.07) is 2.39. The van der Waals surface area contributed by atoms with E-state index in [0.29, 0.717) is 18.5 Å². The van der Waals surface area contributed by atoms with Gasteiger partial charge < -0.3 is 15.4 Å². The summed E-state index contributed by atoms with van der Waals surface area (Å²) in [5.74, 6) is 1.46. The fraction of sp³-hybridized carbons (Fsp3) is 0.667. The summed E-state index contributed by atoms with van der Waals surface area (Å²) in [4.78, 5) is 8.21. The molecule has 0 bridgehead atoms. The molecule has 5 heteroatoms. The summed E-state index contributed by atoms with van der Waals surface area (Å²) in [5.41, 5.74) is 0. The van der Waals surface area contributed by atoms with Crippen LogP contribution in [0.2, 0.25) is 0 Å². The Morgan fingerprint density at radius 2 is 2.41 bits per heavy atom. The SMILES string of the molecule is CCOc1cc(NCC2CCCCN2)ncn1. The molecule has 2 N–H and O–H groups in total. The second kappa shape index (κ2) is 6.39. The van der Waals surface area contributed by atoms with Gasteiger partial charge in [-0.2, -0.15) is 0 Å². The minimum atomic E-state index is 0.550. The van der Waals surface area contributed by atoms with Gasteiger partial charge in [-0.3, -0.25) is 0 Å². The average Bonchev–Trinajstić information content (AvgIpc) is 2.39. The van der Waals surface area contributed by atoms with Crippen LogP contribution in [0.4, 0.5) is 5.82 Å². The van der Waals surface area contributed by atoms with Crippen LogP contribution in [-0.4, -0.2) is 35.7 Å². The van der Waals surface area contributed by atoms with E-state index in [4.69, 9.17) is 4.74 Å². The van der Waals surface area contributed by atoms with Gasteiger partial charge in [0, 0.05) is 18.7 Å². The molecular weight excluding hydrogens is 216 g/mol. The van der Waals surface area contributed by atoms with Crippen LogP contribution in [0.5, 0.6) is 5.88 Å². The first kappa shape index (κ1) is 12.1. The predicted molar refractivity (Wildman–Crippen MR) is 67.3 cm³/mol. The number of hydrogen-bond acceptors (Lipinski definition) is 5. The Bertz CT molecular complexity index is 339. The first-order chi connectivity index (χ1) is 8.38. The van der Waals surface area contributed by atoms with E-state index in [0.717, 1.165) is 18.9 Å². The molecule has 1 fully saturated rings. The number of ether oxygens (including phenoxy) is 1. The monoisotopic (exact) mass is 236 g/mol. The van der Waals surface area contributed by atoms with Crippen molar-refractivity contribution in [2.75, 3.05) is 25.0 Å². The van der Waals surface area contributed by atoms with Crippen LogP contribution in [0.15, 0.2) is 12.4 Å². The van der Waals surface area contributed by atoms with Crippen LogP contribution in [-0.2, 0) is 0 Å². The molecule has 1 unspecified atom stereocenters. The topological polar surface area (TPSA) is 59.1 Å². The van der Waals surface area contributed by atoms with Gasteiger partial charge in [-0.25, -0.2) is 9.97 Å². The van der Waals surface area contributed by atoms with E-state index in [2.05, 4.69) is 20.6 Å². The summed E-state index contributed by atoms with van der Waals surface area (Å²) in [6.45, 7) is 4.60. The molecule has 1 aromatic heterocycles. The normalized spacial score (nSPS) is 19.9. The van der Waals surface area contributed by atoms with Crippen LogP contribution >= 0.6 is 0 Å². The van der Waals surface area contributed by atoms with Crippen LogP contribution in [0.25, 0.3) is 0 Å². The maximum absolute atomic E-state index is 5.33. The molecule has 1 saturated heterocycles. The molecule has 1 aromatic rings. The Hall–Kier alpha value is -1.36. The van der Waals surface area contributed by atoms with E-state index in [1.807, 2.05) is 13.0 Å². The number of nitrogens with one attached hydrogen (secondary N) is 2. The quantitative estimate of drug-likeness (QED) is 0.810. The molecule has 0 spiro atoms. The van der Waals surface area contributed by atoms with Gasteiger partial charge in [-0.1, -0.05) is 6.42 Å². The van der Waals surface area contributed by atoms with Crippen molar-refractivity contribution in [1.29, 1.82) is 0 Å². The van der Waals surface area contributed by atoms with Gasteiger partial charge in [0.05, 0.1) is 6.61 Å². The third-order valence-electron chi connectivity index (χ3n) is 2.88. The maximum atomic E-state index is 5.33. The fourth-order valence-electron chi connectivity index (χ4n) is 1.99. The largest absolute Gasteiger partial charge is 0.478 e. The molecule has 0 saturated carbocycles. The molecular formula is C12H20N4O. The van der Waals surface area contributed by atoms with Crippen molar-refractivity contribution in [2.24, 2.45) is 0 Å². The molecule has 1 atom stereocenters. The summed E-state index contributed by atoms with van der Waals surface area (Å²) in [5, 5.41) is 6.81. The van der Waals surface area contributed by atoms with Gasteiger partial charge in [0.25, 0.3) is 0 Å². The highest BCUT2D eigenvalue weighted by molar-refractivity contribution is 5.37. The van der Waals surface area contributed by atoms with Crippen molar-refractivity contribution in [1.82, 2.24) is 15.3 Å². The lowest BCUT2D eigenvalue weighted by atomic mass is 10.1. The van der Waals surface area contributed by atoms with Gasteiger partial charge in [-0.15, -0.1) is 0 Å². The maximum Gasteiger partial charge on any atom is 0.218 e. The van der Waals surface area contributed by atoms with Crippen LogP contribution in [0, 0.1) is 0 Å². The third-order valence-corrected chi connectivity index (χ3v) is 2.88. The first-order valence-electron chi connectivity index (χ1n) is 6.30. The van der Waals surface area contributed by atoms with Crippen molar-refractivity contribution in [2.45, 2.75) is 32.2 Å². The van der Waals surface area contributed by atoms with E-state index < -0.39 is 0 Å². The highest BCUT2D eigenvalue weighted by Crippen LogP contribution is 2.12. The van der Waals surface area contributed by atoms with Crippen molar-refractivity contribution in [3.05, 3.63) is 12.4 Å². The fourth-order valence-corrected chi connectivity index (χ4v) is 1.99. The zero-order chi connectivity index (χ0) is 11.9. The van der Waals surface area contributed by atoms with Crippen molar-refractivity contribution in [3.63, 3.8) is 0 Å². The van der Waals surface area contributed by atoms with Crippen molar-refractivity contribution < 1.29 is 4.74 Å². The Labute approximate surface area is 102 Å². The van der Waals surface area contributed by atoms with Gasteiger partial charge in [0.15, 0.2) is 0 Å². The lowest BCUT2D eigenvalue weighted by Gasteiger charge is -2.23. The molecule has 94 valence electrons. The van der Waals surface area contributed by atoms with E-state index in [9.17, 15) is 0 Å². The zero-order valence-corrected chi connectivity index (χ0v) is 10.3. The number of hydrogen-bond donors (Lipinski definition) is 2. The second-order valence-corrected chi connectivity index (χ2v) is 4.20. The average molecular weight is 236 g/mol. The minimum Gasteiger partial charge on any atom is -0.478 e. The van der Waals surface area contributed by atoms with E-state index >= 15 is 0 Å². The smallest absolute Gasteiger partial charge is 0.218 e. The second-order valence-electron chi connectivity index (χ2n) is 4.20. The lowest BCUT2D eigenvalue weighted by molar-refractivity contribution is 0.326. The van der Waals surface area contributed by atoms with Gasteiger partial charge >= 0.3 is 0 Å². The summed E-state index contributed by atoms with van der Waals surface area (Å²) in [7, 11) is 0. The summed E-state index contributed by atoms with van der Waals surface area (Å²) < 4.78 is 5.33. The zero-order valence-electron chi connectivity index (χ0n) is 10.3. The molecule has 1 aliphatic heterocycles. The van der Waals surface area contributed by atoms with Crippen LogP contribution in [0.3, 0.4) is 0 Å². The predicted octanol–water partition coefficient (Wildman–Crippen LogP) is 1.43. The lowest BCUT2D eigenvalue weighted by Crippen LogP contribution is -2.39. The number of anilines is 1. The summed E-state index contributed by atoms with van der Waals surface area (Å²) >= 11 is 0. The summed E-state index contributed by atoms with van der Waals surface area (Å²) in [6.07, 6.45) is 5.36. The van der Waals surface area contributed by atoms with Gasteiger partial charge in [-0.05, 0) is 26.3 Å². The van der Waals surface area contributed by atoms with Crippen LogP contribution in [0.1, 0.15) is 26.2 Å². The van der Waals surface area contributed by atoms with Crippen molar-refractivity contribution in [3.8, 4) is 5.88 Å². The molecule has 5 nitrogen and oxygen atoms in total. The molecule has 0 radical (unpaired) electrons. The molecule has 2 rings (SSSR count). The highest BCUT2D eigenvalue weighted by Gasteiger charge is 2.12. The number of rotatable bonds is 5. The van der Waals surface area contributed by atoms with E-state index in [-0.39, 0.29) is 0 Å². The van der Waals surface area contributed by atoms with Gasteiger partial charge in [0.1, 0.15) is 12.1 Å². The number of aromatic nitrogens is 2. The Kier molecular flexibility index (Phi) is 4.55. The Morgan fingerprint density at radius 3 is 3.18 bits per heavy atom. The highest BCUT2D eigenvalue weighted by atomic mass is 16.5. The molecule has 17 heavy (non-hydrogen) atoms. The number of nitrogens with zero attached hydrogens (tertiary/aromatic N) is 2. The third kappa shape index (κ3) is 3.85. The van der Waals surface area contributed by atoms with Gasteiger partial charge in [0.2, 0.25) is 5.88 Å². The molecule has 0 aromatic carbocycles. The van der Waals surface area contributed by atoms with E-state index in [1.54, 1.807) is 0 Å². The minimum absolute atomic E-state index is 0.550. The molecule has 0 aliphatic carbocycles. The molecule has 2 heterocycles. The Balaban J connectivity index is 1.83. The first-order valence-corrected chi connectivity index (χ1v) is 6.30. The van der Waals surface area contributed by atoms with Crippen LogP contribution < -0.4 is 15.4 Å². The standard InChI is InChI=1S/C12H20N4O/c1-2-17-12-7-11(15-9-16-12)14-8-10-5-3-4-6-13-10/h7,9-10,13H,2-6,8H2,1H3,(H,14,15,16).